The van der Waals surface area contributed by atoms with E-state index in [4.69, 9.17) is 16.3 Å². The summed E-state index contributed by atoms with van der Waals surface area (Å²) in [6.07, 6.45) is 3.12. The van der Waals surface area contributed by atoms with Crippen LogP contribution in [0.15, 0.2) is 59.3 Å². The molecular weight excluding hydrogens is 490 g/mol. The van der Waals surface area contributed by atoms with Gasteiger partial charge in [0, 0.05) is 18.6 Å². The smallest absolute Gasteiger partial charge is 0.253 e. The van der Waals surface area contributed by atoms with E-state index in [0.29, 0.717) is 29.2 Å². The highest BCUT2D eigenvalue weighted by molar-refractivity contribution is 7.08. The summed E-state index contributed by atoms with van der Waals surface area (Å²) < 4.78 is 5.34. The third-order valence-corrected chi connectivity index (χ3v) is 8.19. The maximum atomic E-state index is 12.6. The van der Waals surface area contributed by atoms with Gasteiger partial charge >= 0.3 is 0 Å². The number of benzene rings is 2. The molecule has 1 aliphatic heterocycles. The molecule has 5 nitrogen and oxygen atoms in total. The van der Waals surface area contributed by atoms with Crippen LogP contribution < -0.4 is 15.4 Å². The van der Waals surface area contributed by atoms with Crippen molar-refractivity contribution in [3.05, 3.63) is 86.6 Å². The molecule has 0 spiro atoms. The Morgan fingerprint density at radius 3 is 2.53 bits per heavy atom. The van der Waals surface area contributed by atoms with Crippen molar-refractivity contribution < 1.29 is 9.53 Å². The number of halogens is 1. The highest BCUT2D eigenvalue weighted by atomic mass is 35.5. The van der Waals surface area contributed by atoms with Gasteiger partial charge in [0.25, 0.3) is 5.91 Å². The number of hydrogen-bond donors (Lipinski definition) is 2. The molecule has 192 valence electrons. The molecule has 1 saturated heterocycles. The van der Waals surface area contributed by atoms with Gasteiger partial charge in [-0.05, 0) is 97.9 Å². The van der Waals surface area contributed by atoms with Crippen LogP contribution in [-0.2, 0) is 0 Å². The molecule has 1 amide bonds. The van der Waals surface area contributed by atoms with E-state index in [1.54, 1.807) is 24.5 Å². The normalized spacial score (nSPS) is 16.4. The molecule has 2 aromatic carbocycles. The Morgan fingerprint density at radius 1 is 1.14 bits per heavy atom. The number of piperidine rings is 1. The largest absolute Gasteiger partial charge is 0.497 e. The quantitative estimate of drug-likeness (QED) is 0.337. The first-order valence-electron chi connectivity index (χ1n) is 12.7. The first-order valence-corrected chi connectivity index (χ1v) is 14.0. The summed E-state index contributed by atoms with van der Waals surface area (Å²) in [7, 11) is 1.70. The highest BCUT2D eigenvalue weighted by Crippen LogP contribution is 2.28. The summed E-state index contributed by atoms with van der Waals surface area (Å²) in [4.78, 5) is 15.2. The van der Waals surface area contributed by atoms with Crippen LogP contribution in [0.5, 0.6) is 5.75 Å². The predicted molar refractivity (Wildman–Crippen MR) is 149 cm³/mol. The topological polar surface area (TPSA) is 53.6 Å². The maximum Gasteiger partial charge on any atom is 0.253 e. The molecule has 2 N–H and O–H groups in total. The van der Waals surface area contributed by atoms with E-state index >= 15 is 0 Å². The van der Waals surface area contributed by atoms with Crippen molar-refractivity contribution in [3.63, 3.8) is 0 Å². The minimum Gasteiger partial charge on any atom is -0.497 e. The van der Waals surface area contributed by atoms with Crippen LogP contribution in [0.3, 0.4) is 0 Å². The standard InChI is InChI=1S/C29H36ClN3O2S/c1-20-5-4-6-26(30)27(20)29(34)31-15-11-21(2)33-16-12-24(13-17-33)32-28(23-14-18-36-19-23)22-7-9-25(35-3)10-8-22/h4-10,14,18-19,21,24,28,32H,11-13,15-17H2,1-3H3,(H,31,34)/t21-,28?/m1/s1. The van der Waals surface area contributed by atoms with Crippen LogP contribution in [0.1, 0.15) is 59.3 Å². The minimum absolute atomic E-state index is 0.0915. The molecule has 3 aromatic rings. The molecule has 7 heteroatoms. The Balaban J connectivity index is 1.27. The lowest BCUT2D eigenvalue weighted by Crippen LogP contribution is -2.47. The zero-order chi connectivity index (χ0) is 25.5. The molecule has 0 saturated carbocycles. The summed E-state index contributed by atoms with van der Waals surface area (Å²) in [6.45, 7) is 6.91. The monoisotopic (exact) mass is 525 g/mol. The van der Waals surface area contributed by atoms with Gasteiger partial charge in [0.2, 0.25) is 0 Å². The number of nitrogens with zero attached hydrogens (tertiary/aromatic N) is 1. The van der Waals surface area contributed by atoms with Crippen LogP contribution in [0.4, 0.5) is 0 Å². The number of methoxy groups -OCH3 is 1. The van der Waals surface area contributed by atoms with Crippen molar-refractivity contribution in [2.24, 2.45) is 0 Å². The van der Waals surface area contributed by atoms with Crippen LogP contribution in [0.2, 0.25) is 5.02 Å². The fourth-order valence-corrected chi connectivity index (χ4v) is 5.94. The number of aryl methyl sites for hydroxylation is 1. The van der Waals surface area contributed by atoms with Crippen LogP contribution in [0.25, 0.3) is 0 Å². The Hall–Kier alpha value is -2.38. The summed E-state index contributed by atoms with van der Waals surface area (Å²) in [5.41, 5.74) is 4.05. The number of nitrogens with one attached hydrogen (secondary N) is 2. The molecular formula is C29H36ClN3O2S. The molecule has 1 fully saturated rings. The minimum atomic E-state index is -0.0915. The average Bonchev–Trinajstić information content (AvgIpc) is 3.42. The van der Waals surface area contributed by atoms with Crippen molar-refractivity contribution in [1.29, 1.82) is 0 Å². The SMILES string of the molecule is COc1ccc(C(NC2CCN([C@H](C)CCNC(=O)c3c(C)cccc3Cl)CC2)c2ccsc2)cc1. The lowest BCUT2D eigenvalue weighted by atomic mass is 9.96. The second kappa shape index (κ2) is 12.7. The van der Waals surface area contributed by atoms with E-state index in [1.807, 2.05) is 31.2 Å². The first kappa shape index (κ1) is 26.7. The number of thiophene rings is 1. The van der Waals surface area contributed by atoms with Crippen molar-refractivity contribution in [1.82, 2.24) is 15.5 Å². The van der Waals surface area contributed by atoms with Crippen LogP contribution >= 0.6 is 22.9 Å². The van der Waals surface area contributed by atoms with Gasteiger partial charge < -0.3 is 20.3 Å². The lowest BCUT2D eigenvalue weighted by molar-refractivity contribution is 0.0943. The third kappa shape index (κ3) is 6.68. The van der Waals surface area contributed by atoms with Gasteiger partial charge in [-0.2, -0.15) is 11.3 Å². The van der Waals surface area contributed by atoms with Crippen LogP contribution in [0, 0.1) is 6.92 Å². The third-order valence-electron chi connectivity index (χ3n) is 7.18. The Labute approximate surface area is 223 Å². The maximum absolute atomic E-state index is 12.6. The fourth-order valence-electron chi connectivity index (χ4n) is 4.95. The lowest BCUT2D eigenvalue weighted by Gasteiger charge is -2.38. The van der Waals surface area contributed by atoms with E-state index in [2.05, 4.69) is 51.4 Å². The van der Waals surface area contributed by atoms with Crippen LogP contribution in [-0.4, -0.2) is 49.6 Å². The summed E-state index contributed by atoms with van der Waals surface area (Å²) in [6, 6.07) is 17.2. The van der Waals surface area contributed by atoms with Gasteiger partial charge in [0.05, 0.1) is 23.7 Å². The van der Waals surface area contributed by atoms with Gasteiger partial charge in [-0.1, -0.05) is 35.9 Å². The number of amides is 1. The second-order valence-electron chi connectivity index (χ2n) is 9.57. The van der Waals surface area contributed by atoms with Gasteiger partial charge in [-0.3, -0.25) is 4.79 Å². The van der Waals surface area contributed by atoms with E-state index in [9.17, 15) is 4.79 Å². The number of ether oxygens (including phenoxy) is 1. The fraction of sp³-hybridized carbons (Fsp3) is 0.414. The number of rotatable bonds is 10. The number of carbonyl (C=O) groups excluding carboxylic acids is 1. The van der Waals surface area contributed by atoms with Gasteiger partial charge in [0.15, 0.2) is 0 Å². The van der Waals surface area contributed by atoms with Crippen molar-refractivity contribution in [2.45, 2.75) is 51.2 Å². The number of likely N-dealkylation sites (tertiary alicyclic amines) is 1. The van der Waals surface area contributed by atoms with Gasteiger partial charge in [-0.25, -0.2) is 0 Å². The van der Waals surface area contributed by atoms with E-state index in [-0.39, 0.29) is 11.9 Å². The molecule has 1 unspecified atom stereocenters. The van der Waals surface area contributed by atoms with Gasteiger partial charge in [0.1, 0.15) is 5.75 Å². The van der Waals surface area contributed by atoms with Crippen molar-refractivity contribution >= 4 is 28.8 Å². The van der Waals surface area contributed by atoms with E-state index in [0.717, 1.165) is 43.7 Å². The molecule has 1 aromatic heterocycles. The van der Waals surface area contributed by atoms with Gasteiger partial charge in [-0.15, -0.1) is 0 Å². The molecule has 2 heterocycles. The summed E-state index contributed by atoms with van der Waals surface area (Å²) in [5, 5.41) is 11.9. The van der Waals surface area contributed by atoms with Crippen molar-refractivity contribution in [3.8, 4) is 5.75 Å². The number of hydrogen-bond acceptors (Lipinski definition) is 5. The van der Waals surface area contributed by atoms with E-state index in [1.165, 1.54) is 11.1 Å². The van der Waals surface area contributed by atoms with Crippen molar-refractivity contribution in [2.75, 3.05) is 26.7 Å². The molecule has 36 heavy (non-hydrogen) atoms. The average molecular weight is 526 g/mol. The van der Waals surface area contributed by atoms with E-state index < -0.39 is 0 Å². The molecule has 1 aliphatic rings. The second-order valence-corrected chi connectivity index (χ2v) is 10.8. The summed E-state index contributed by atoms with van der Waals surface area (Å²) >= 11 is 7.98. The first-order chi connectivity index (χ1) is 17.5. The number of carbonyl (C=O) groups is 1. The zero-order valence-corrected chi connectivity index (χ0v) is 22.9. The molecule has 0 aliphatic carbocycles. The molecule has 2 atom stereocenters. The Morgan fingerprint density at radius 2 is 1.89 bits per heavy atom. The summed E-state index contributed by atoms with van der Waals surface area (Å²) in [5.74, 6) is 0.787. The Kier molecular flexibility index (Phi) is 9.43. The molecule has 0 bridgehead atoms. The zero-order valence-electron chi connectivity index (χ0n) is 21.3. The Bertz CT molecular complexity index is 1090. The highest BCUT2D eigenvalue weighted by Gasteiger charge is 2.26. The molecule has 0 radical (unpaired) electrons. The predicted octanol–water partition coefficient (Wildman–Crippen LogP) is 6.07. The molecule has 4 rings (SSSR count).